The molecule has 0 saturated heterocycles. The van der Waals surface area contributed by atoms with Crippen molar-refractivity contribution in [2.75, 3.05) is 10.6 Å². The third-order valence-electron chi connectivity index (χ3n) is 5.50. The lowest BCUT2D eigenvalue weighted by Gasteiger charge is -2.34. The summed E-state index contributed by atoms with van der Waals surface area (Å²) in [5, 5.41) is 0. The van der Waals surface area contributed by atoms with E-state index >= 15 is 0 Å². The lowest BCUT2D eigenvalue weighted by Crippen LogP contribution is -2.28. The first-order chi connectivity index (χ1) is 13.4. The zero-order chi connectivity index (χ0) is 19.7. The van der Waals surface area contributed by atoms with Crippen molar-refractivity contribution in [3.63, 3.8) is 0 Å². The van der Waals surface area contributed by atoms with Crippen LogP contribution < -0.4 is 10.6 Å². The van der Waals surface area contributed by atoms with Crippen LogP contribution in [-0.2, 0) is 0 Å². The van der Waals surface area contributed by atoms with E-state index < -0.39 is 11.6 Å². The molecule has 5 rings (SSSR count). The predicted molar refractivity (Wildman–Crippen MR) is 106 cm³/mol. The zero-order valence-electron chi connectivity index (χ0n) is 15.6. The van der Waals surface area contributed by atoms with Gasteiger partial charge in [-0.05, 0) is 43.0 Å². The number of halogens is 2. The first-order valence-corrected chi connectivity index (χ1v) is 9.21. The number of fused-ring (bicyclic) bond motifs is 3. The fourth-order valence-electron chi connectivity index (χ4n) is 4.04. The van der Waals surface area contributed by atoms with Crippen LogP contribution in [0.25, 0.3) is 28.1 Å². The molecule has 2 aromatic carbocycles. The van der Waals surface area contributed by atoms with Crippen LogP contribution >= 0.6 is 0 Å². The lowest BCUT2D eigenvalue weighted by molar-refractivity contribution is 0.534. The van der Waals surface area contributed by atoms with Crippen molar-refractivity contribution in [2.24, 2.45) is 0 Å². The molecule has 0 spiro atoms. The second-order valence-electron chi connectivity index (χ2n) is 7.45. The molecule has 2 aliphatic rings. The standard InChI is InChI=1S/C22H19F2N3O/c1-10-14(16-8-18(24)19(25)9-17(16)23)6-7-15-21(10)27(13-4-5-13)11(2)20-22(15)28-12(3)26-20/h6-9,13H,2,4-5,25H2,1,3H3. The maximum Gasteiger partial charge on any atom is 0.192 e. The summed E-state index contributed by atoms with van der Waals surface area (Å²) in [6, 6.07) is 6.19. The maximum atomic E-state index is 14.6. The van der Waals surface area contributed by atoms with E-state index in [0.29, 0.717) is 23.3 Å². The van der Waals surface area contributed by atoms with E-state index in [2.05, 4.69) is 16.5 Å². The monoisotopic (exact) mass is 379 g/mol. The molecule has 3 aromatic rings. The average Bonchev–Trinajstić information content (AvgIpc) is 3.40. The Hall–Kier alpha value is -3.15. The minimum atomic E-state index is -0.634. The van der Waals surface area contributed by atoms with Crippen LogP contribution in [0.4, 0.5) is 20.2 Å². The van der Waals surface area contributed by atoms with Crippen molar-refractivity contribution in [1.82, 2.24) is 4.98 Å². The van der Waals surface area contributed by atoms with Crippen molar-refractivity contribution in [3.8, 4) is 22.5 Å². The number of aryl methyl sites for hydroxylation is 1. The van der Waals surface area contributed by atoms with E-state index in [-0.39, 0.29) is 11.3 Å². The van der Waals surface area contributed by atoms with Crippen LogP contribution in [0.1, 0.15) is 30.0 Å². The number of benzene rings is 2. The Kier molecular flexibility index (Phi) is 3.44. The number of nitrogens with zero attached hydrogens (tertiary/aromatic N) is 2. The Morgan fingerprint density at radius 3 is 2.54 bits per heavy atom. The molecular weight excluding hydrogens is 360 g/mol. The normalized spacial score (nSPS) is 15.6. The van der Waals surface area contributed by atoms with Crippen molar-refractivity contribution in [2.45, 2.75) is 32.7 Å². The molecule has 6 heteroatoms. The Morgan fingerprint density at radius 1 is 1.11 bits per heavy atom. The molecule has 1 aromatic heterocycles. The molecule has 4 nitrogen and oxygen atoms in total. The highest BCUT2D eigenvalue weighted by Crippen LogP contribution is 2.51. The molecule has 0 amide bonds. The molecule has 142 valence electrons. The molecule has 1 aliphatic carbocycles. The second-order valence-corrected chi connectivity index (χ2v) is 7.45. The van der Waals surface area contributed by atoms with Gasteiger partial charge in [-0.25, -0.2) is 13.8 Å². The Labute approximate surface area is 161 Å². The lowest BCUT2D eigenvalue weighted by atomic mass is 9.91. The van der Waals surface area contributed by atoms with Crippen LogP contribution in [0, 0.1) is 25.5 Å². The van der Waals surface area contributed by atoms with Crippen molar-refractivity contribution in [3.05, 3.63) is 59.6 Å². The molecular formula is C22H19F2N3O. The fraction of sp³-hybridized carbons (Fsp3) is 0.227. The van der Waals surface area contributed by atoms with Crippen LogP contribution in [0.15, 0.2) is 35.3 Å². The number of hydrogen-bond acceptors (Lipinski definition) is 4. The summed E-state index contributed by atoms with van der Waals surface area (Å²) in [6.45, 7) is 7.97. The van der Waals surface area contributed by atoms with Gasteiger partial charge in [-0.1, -0.05) is 12.6 Å². The number of aromatic nitrogens is 1. The summed E-state index contributed by atoms with van der Waals surface area (Å²) in [6.07, 6.45) is 2.11. The van der Waals surface area contributed by atoms with Crippen LogP contribution in [0.3, 0.4) is 0 Å². The van der Waals surface area contributed by atoms with Gasteiger partial charge in [0.2, 0.25) is 0 Å². The zero-order valence-corrected chi connectivity index (χ0v) is 15.6. The number of nitrogens with two attached hydrogens (primary N) is 1. The number of oxazole rings is 1. The third kappa shape index (κ3) is 2.30. The maximum absolute atomic E-state index is 14.6. The first kappa shape index (κ1) is 17.0. The van der Waals surface area contributed by atoms with E-state index in [1.54, 1.807) is 13.0 Å². The highest BCUT2D eigenvalue weighted by atomic mass is 19.1. The summed E-state index contributed by atoms with van der Waals surface area (Å²) >= 11 is 0. The van der Waals surface area contributed by atoms with Gasteiger partial charge in [-0.2, -0.15) is 0 Å². The van der Waals surface area contributed by atoms with Gasteiger partial charge in [0, 0.05) is 30.2 Å². The topological polar surface area (TPSA) is 55.3 Å². The van der Waals surface area contributed by atoms with Crippen molar-refractivity contribution < 1.29 is 13.2 Å². The molecule has 2 N–H and O–H groups in total. The number of rotatable bonds is 2. The minimum absolute atomic E-state index is 0.188. The summed E-state index contributed by atoms with van der Waals surface area (Å²) in [5.41, 5.74) is 10.3. The van der Waals surface area contributed by atoms with Crippen LogP contribution in [-0.4, -0.2) is 11.0 Å². The van der Waals surface area contributed by atoms with Gasteiger partial charge in [0.25, 0.3) is 0 Å². The van der Waals surface area contributed by atoms with Crippen LogP contribution in [0.2, 0.25) is 0 Å². The van der Waals surface area contributed by atoms with Crippen molar-refractivity contribution >= 4 is 17.1 Å². The quantitative estimate of drug-likeness (QED) is 0.603. The number of hydrogen-bond donors (Lipinski definition) is 1. The summed E-state index contributed by atoms with van der Waals surface area (Å²) in [7, 11) is 0. The van der Waals surface area contributed by atoms with Gasteiger partial charge in [-0.15, -0.1) is 0 Å². The minimum Gasteiger partial charge on any atom is -0.440 e. The van der Waals surface area contributed by atoms with Gasteiger partial charge in [0.1, 0.15) is 17.3 Å². The van der Waals surface area contributed by atoms with Gasteiger partial charge < -0.3 is 15.1 Å². The van der Waals surface area contributed by atoms with E-state index in [9.17, 15) is 8.78 Å². The molecule has 0 bridgehead atoms. The van der Waals surface area contributed by atoms with E-state index in [1.807, 2.05) is 13.0 Å². The Balaban J connectivity index is 1.78. The number of nitrogen functional groups attached to an aromatic ring is 1. The average molecular weight is 379 g/mol. The molecule has 2 heterocycles. The Bertz CT molecular complexity index is 1160. The molecule has 1 saturated carbocycles. The van der Waals surface area contributed by atoms with Crippen LogP contribution in [0.5, 0.6) is 0 Å². The molecule has 0 radical (unpaired) electrons. The molecule has 1 fully saturated rings. The van der Waals surface area contributed by atoms with Gasteiger partial charge >= 0.3 is 0 Å². The van der Waals surface area contributed by atoms with Gasteiger partial charge in [0.05, 0.1) is 17.1 Å². The first-order valence-electron chi connectivity index (χ1n) is 9.21. The summed E-state index contributed by atoms with van der Waals surface area (Å²) in [5.74, 6) is 0.0621. The summed E-state index contributed by atoms with van der Waals surface area (Å²) < 4.78 is 34.5. The van der Waals surface area contributed by atoms with E-state index in [0.717, 1.165) is 53.2 Å². The SMILES string of the molecule is C=C1c2nc(C)oc2-c2ccc(-c3cc(F)c(N)cc3F)c(C)c2N1C1CC1. The second kappa shape index (κ2) is 5.67. The summed E-state index contributed by atoms with van der Waals surface area (Å²) in [4.78, 5) is 6.68. The van der Waals surface area contributed by atoms with E-state index in [4.69, 9.17) is 10.2 Å². The van der Waals surface area contributed by atoms with E-state index in [1.165, 1.54) is 0 Å². The molecule has 28 heavy (non-hydrogen) atoms. The predicted octanol–water partition coefficient (Wildman–Crippen LogP) is 5.44. The highest BCUT2D eigenvalue weighted by molar-refractivity contribution is 5.99. The highest BCUT2D eigenvalue weighted by Gasteiger charge is 2.40. The van der Waals surface area contributed by atoms with Gasteiger partial charge in [0.15, 0.2) is 11.7 Å². The molecule has 1 aliphatic heterocycles. The largest absolute Gasteiger partial charge is 0.440 e. The smallest absolute Gasteiger partial charge is 0.192 e. The third-order valence-corrected chi connectivity index (χ3v) is 5.50. The Morgan fingerprint density at radius 2 is 1.82 bits per heavy atom. The number of anilines is 2. The van der Waals surface area contributed by atoms with Crippen molar-refractivity contribution in [1.29, 1.82) is 0 Å². The van der Waals surface area contributed by atoms with Gasteiger partial charge in [-0.3, -0.25) is 0 Å². The fourth-order valence-corrected chi connectivity index (χ4v) is 4.04. The molecule has 0 unspecified atom stereocenters. The molecule has 0 atom stereocenters.